The Balaban J connectivity index is 1.89. The SMILES string of the molecule is CC(C)Cn1c(CN2CCCCC2C)cnc1S(=O)(=O)Cc1ccccc1. The molecule has 1 atom stereocenters. The molecule has 1 fully saturated rings. The van der Waals surface area contributed by atoms with Crippen molar-refractivity contribution in [2.24, 2.45) is 5.92 Å². The highest BCUT2D eigenvalue weighted by molar-refractivity contribution is 7.90. The minimum atomic E-state index is -3.49. The van der Waals surface area contributed by atoms with Crippen molar-refractivity contribution in [3.05, 3.63) is 47.8 Å². The van der Waals surface area contributed by atoms with Crippen LogP contribution in [0.3, 0.4) is 0 Å². The van der Waals surface area contributed by atoms with Crippen molar-refractivity contribution < 1.29 is 8.42 Å². The maximum Gasteiger partial charge on any atom is 0.228 e. The first-order valence-corrected chi connectivity index (χ1v) is 11.6. The lowest BCUT2D eigenvalue weighted by molar-refractivity contribution is 0.148. The number of hydrogen-bond acceptors (Lipinski definition) is 4. The van der Waals surface area contributed by atoms with Crippen LogP contribution in [0.25, 0.3) is 0 Å². The Morgan fingerprint density at radius 1 is 1.19 bits per heavy atom. The molecule has 6 heteroatoms. The first-order chi connectivity index (χ1) is 12.9. The molecule has 1 aromatic carbocycles. The third-order valence-electron chi connectivity index (χ3n) is 5.23. The van der Waals surface area contributed by atoms with Crippen molar-refractivity contribution in [3.8, 4) is 0 Å². The van der Waals surface area contributed by atoms with Gasteiger partial charge in [-0.15, -0.1) is 0 Å². The molecule has 2 heterocycles. The van der Waals surface area contributed by atoms with Gasteiger partial charge >= 0.3 is 0 Å². The maximum atomic E-state index is 13.1. The van der Waals surface area contributed by atoms with Crippen LogP contribution in [0.15, 0.2) is 41.7 Å². The molecule has 0 bridgehead atoms. The summed E-state index contributed by atoms with van der Waals surface area (Å²) in [6.45, 7) is 8.99. The van der Waals surface area contributed by atoms with Gasteiger partial charge in [-0.05, 0) is 37.8 Å². The van der Waals surface area contributed by atoms with E-state index in [4.69, 9.17) is 0 Å². The van der Waals surface area contributed by atoms with Gasteiger partial charge in [0.15, 0.2) is 0 Å². The molecule has 1 aromatic heterocycles. The average Bonchev–Trinajstić information content (AvgIpc) is 3.00. The predicted octanol–water partition coefficient (Wildman–Crippen LogP) is 3.89. The van der Waals surface area contributed by atoms with E-state index in [1.807, 2.05) is 34.9 Å². The fraction of sp³-hybridized carbons (Fsp3) is 0.571. The van der Waals surface area contributed by atoms with E-state index in [2.05, 4.69) is 30.7 Å². The lowest BCUT2D eigenvalue weighted by Gasteiger charge is -2.33. The molecule has 2 aromatic rings. The monoisotopic (exact) mass is 389 g/mol. The number of hydrogen-bond donors (Lipinski definition) is 0. The molecule has 3 rings (SSSR count). The quantitative estimate of drug-likeness (QED) is 0.721. The number of rotatable bonds is 7. The van der Waals surface area contributed by atoms with Crippen LogP contribution in [-0.2, 0) is 28.7 Å². The molecule has 0 amide bonds. The van der Waals surface area contributed by atoms with Crippen molar-refractivity contribution in [2.45, 2.75) is 70.1 Å². The van der Waals surface area contributed by atoms with Gasteiger partial charge in [-0.2, -0.15) is 0 Å². The minimum absolute atomic E-state index is 0.0114. The van der Waals surface area contributed by atoms with Crippen LogP contribution in [0.5, 0.6) is 0 Å². The fourth-order valence-corrected chi connectivity index (χ4v) is 5.29. The van der Waals surface area contributed by atoms with E-state index in [0.717, 1.165) is 24.3 Å². The van der Waals surface area contributed by atoms with Gasteiger partial charge in [0.05, 0.1) is 17.6 Å². The normalized spacial score (nSPS) is 18.9. The van der Waals surface area contributed by atoms with E-state index in [0.29, 0.717) is 18.5 Å². The molecule has 1 aliphatic heterocycles. The van der Waals surface area contributed by atoms with Crippen LogP contribution in [-0.4, -0.2) is 35.5 Å². The molecule has 0 spiro atoms. The number of piperidine rings is 1. The van der Waals surface area contributed by atoms with Gasteiger partial charge in [-0.25, -0.2) is 13.4 Å². The minimum Gasteiger partial charge on any atom is -0.317 e. The number of benzene rings is 1. The molecule has 0 N–H and O–H groups in total. The number of sulfone groups is 1. The summed E-state index contributed by atoms with van der Waals surface area (Å²) in [7, 11) is -3.49. The third kappa shape index (κ3) is 4.99. The van der Waals surface area contributed by atoms with Crippen LogP contribution in [0, 0.1) is 5.92 Å². The van der Waals surface area contributed by atoms with Gasteiger partial charge < -0.3 is 4.57 Å². The maximum absolute atomic E-state index is 13.1. The molecular formula is C21H31N3O2S. The van der Waals surface area contributed by atoms with Gasteiger partial charge in [-0.1, -0.05) is 50.6 Å². The van der Waals surface area contributed by atoms with Gasteiger partial charge in [0, 0.05) is 19.1 Å². The highest BCUT2D eigenvalue weighted by atomic mass is 32.2. The molecule has 0 radical (unpaired) electrons. The van der Waals surface area contributed by atoms with Crippen LogP contribution in [0.2, 0.25) is 0 Å². The van der Waals surface area contributed by atoms with Crippen LogP contribution < -0.4 is 0 Å². The summed E-state index contributed by atoms with van der Waals surface area (Å²) in [6.07, 6.45) is 5.46. The van der Waals surface area contributed by atoms with E-state index in [9.17, 15) is 8.42 Å². The van der Waals surface area contributed by atoms with Crippen LogP contribution in [0.1, 0.15) is 51.3 Å². The fourth-order valence-electron chi connectivity index (χ4n) is 3.79. The van der Waals surface area contributed by atoms with Crippen molar-refractivity contribution in [3.63, 3.8) is 0 Å². The van der Waals surface area contributed by atoms with E-state index < -0.39 is 9.84 Å². The first kappa shape index (κ1) is 20.1. The zero-order valence-electron chi connectivity index (χ0n) is 16.6. The van der Waals surface area contributed by atoms with E-state index in [1.54, 1.807) is 6.20 Å². The topological polar surface area (TPSA) is 55.2 Å². The highest BCUT2D eigenvalue weighted by Crippen LogP contribution is 2.23. The second-order valence-electron chi connectivity index (χ2n) is 8.10. The Bertz CT molecular complexity index is 844. The highest BCUT2D eigenvalue weighted by Gasteiger charge is 2.26. The zero-order valence-corrected chi connectivity index (χ0v) is 17.5. The van der Waals surface area contributed by atoms with E-state index >= 15 is 0 Å². The summed E-state index contributed by atoms with van der Waals surface area (Å²) in [4.78, 5) is 6.83. The van der Waals surface area contributed by atoms with Crippen molar-refractivity contribution in [2.75, 3.05) is 6.54 Å². The lowest BCUT2D eigenvalue weighted by atomic mass is 10.0. The number of aromatic nitrogens is 2. The predicted molar refractivity (Wildman–Crippen MR) is 108 cm³/mol. The molecule has 1 aliphatic rings. The van der Waals surface area contributed by atoms with Crippen molar-refractivity contribution in [1.82, 2.24) is 14.5 Å². The van der Waals surface area contributed by atoms with Crippen molar-refractivity contribution >= 4 is 9.84 Å². The van der Waals surface area contributed by atoms with Gasteiger partial charge in [-0.3, -0.25) is 4.90 Å². The molecule has 148 valence electrons. The second-order valence-corrected chi connectivity index (χ2v) is 9.98. The average molecular weight is 390 g/mol. The van der Waals surface area contributed by atoms with E-state index in [1.165, 1.54) is 19.3 Å². The molecule has 5 nitrogen and oxygen atoms in total. The number of imidazole rings is 1. The molecule has 0 aliphatic carbocycles. The Morgan fingerprint density at radius 3 is 2.59 bits per heavy atom. The van der Waals surface area contributed by atoms with Gasteiger partial charge in [0.2, 0.25) is 15.0 Å². The Labute approximate surface area is 163 Å². The van der Waals surface area contributed by atoms with Gasteiger partial charge in [0.25, 0.3) is 0 Å². The Kier molecular flexibility index (Phi) is 6.37. The summed E-state index contributed by atoms with van der Waals surface area (Å²) < 4.78 is 28.1. The molecular weight excluding hydrogens is 358 g/mol. The van der Waals surface area contributed by atoms with Crippen LogP contribution in [0.4, 0.5) is 0 Å². The Morgan fingerprint density at radius 2 is 1.93 bits per heavy atom. The van der Waals surface area contributed by atoms with Gasteiger partial charge in [0.1, 0.15) is 0 Å². The van der Waals surface area contributed by atoms with E-state index in [-0.39, 0.29) is 10.9 Å². The van der Waals surface area contributed by atoms with Crippen molar-refractivity contribution in [1.29, 1.82) is 0 Å². The summed E-state index contributed by atoms with van der Waals surface area (Å²) in [5, 5.41) is 0.208. The number of likely N-dealkylation sites (tertiary alicyclic amines) is 1. The standard InChI is InChI=1S/C21H31N3O2S/c1-17(2)14-24-20(15-23-12-8-7-9-18(23)3)13-22-21(24)27(25,26)16-19-10-5-4-6-11-19/h4-6,10-11,13,17-18H,7-9,12,14-16H2,1-3H3. The largest absolute Gasteiger partial charge is 0.317 e. The zero-order chi connectivity index (χ0) is 19.4. The smallest absolute Gasteiger partial charge is 0.228 e. The summed E-state index contributed by atoms with van der Waals surface area (Å²) in [5.74, 6) is 0.338. The molecule has 1 unspecified atom stereocenters. The molecule has 27 heavy (non-hydrogen) atoms. The third-order valence-corrected chi connectivity index (χ3v) is 6.83. The summed E-state index contributed by atoms with van der Waals surface area (Å²) in [5.41, 5.74) is 1.80. The first-order valence-electron chi connectivity index (χ1n) is 9.92. The second kappa shape index (κ2) is 8.57. The number of nitrogens with zero attached hydrogens (tertiary/aromatic N) is 3. The molecule has 0 saturated carbocycles. The Hall–Kier alpha value is -1.66. The molecule has 1 saturated heterocycles. The summed E-state index contributed by atoms with van der Waals surface area (Å²) >= 11 is 0. The van der Waals surface area contributed by atoms with Crippen LogP contribution >= 0.6 is 0 Å². The lowest BCUT2D eigenvalue weighted by Crippen LogP contribution is -2.37. The summed E-state index contributed by atoms with van der Waals surface area (Å²) in [6, 6.07) is 9.87.